The third-order valence-corrected chi connectivity index (χ3v) is 6.23. The second-order valence-corrected chi connectivity index (χ2v) is 8.55. The molecule has 3 nitrogen and oxygen atoms in total. The van der Waals surface area contributed by atoms with Crippen LogP contribution < -0.4 is 4.74 Å². The highest BCUT2D eigenvalue weighted by Crippen LogP contribution is 2.38. The van der Waals surface area contributed by atoms with Gasteiger partial charge in [-0.1, -0.05) is 68.7 Å². The van der Waals surface area contributed by atoms with E-state index in [-0.39, 0.29) is 5.92 Å². The predicted molar refractivity (Wildman–Crippen MR) is 121 cm³/mol. The van der Waals surface area contributed by atoms with Crippen LogP contribution >= 0.6 is 0 Å². The lowest BCUT2D eigenvalue weighted by atomic mass is 9.78. The first kappa shape index (κ1) is 21.9. The summed E-state index contributed by atoms with van der Waals surface area (Å²) in [4.78, 5) is 2.51. The van der Waals surface area contributed by atoms with Gasteiger partial charge in [-0.25, -0.2) is 0 Å². The normalized spacial score (nSPS) is 18.2. The van der Waals surface area contributed by atoms with Crippen LogP contribution in [0.1, 0.15) is 69.4 Å². The summed E-state index contributed by atoms with van der Waals surface area (Å²) in [6.45, 7) is 8.06. The Kier molecular flexibility index (Phi) is 8.14. The van der Waals surface area contributed by atoms with Crippen molar-refractivity contribution in [2.45, 2.75) is 63.9 Å². The number of likely N-dealkylation sites (tertiary alicyclic amines) is 1. The number of piperidine rings is 1. The average Bonchev–Trinajstić information content (AvgIpc) is 2.77. The summed E-state index contributed by atoms with van der Waals surface area (Å²) < 4.78 is 5.85. The standard InChI is InChI=1S/C26H37NO2/c1-3-4-11-20-29-24-16-14-23(15-17-24)26(2,28)25(22-12-7-5-8-13-22)21-27-18-9-6-10-19-27/h5,7-8,12-17,25,28H,3-4,6,9-11,18-21H2,1-2H3/t25-,26-/m1/s1. The molecule has 3 heteroatoms. The Balaban J connectivity index is 1.76. The first-order valence-electron chi connectivity index (χ1n) is 11.3. The predicted octanol–water partition coefficient (Wildman–Crippen LogP) is 5.73. The molecule has 1 aliphatic heterocycles. The molecule has 2 aromatic rings. The van der Waals surface area contributed by atoms with Crippen LogP contribution in [0.3, 0.4) is 0 Å². The molecule has 2 atom stereocenters. The van der Waals surface area contributed by atoms with Gasteiger partial charge in [0.05, 0.1) is 12.2 Å². The minimum absolute atomic E-state index is 0.0260. The number of benzene rings is 2. The van der Waals surface area contributed by atoms with Gasteiger partial charge < -0.3 is 14.7 Å². The maximum absolute atomic E-state index is 11.7. The molecule has 1 saturated heterocycles. The van der Waals surface area contributed by atoms with E-state index >= 15 is 0 Å². The second-order valence-electron chi connectivity index (χ2n) is 8.55. The minimum atomic E-state index is -0.945. The lowest BCUT2D eigenvalue weighted by Crippen LogP contribution is -2.41. The van der Waals surface area contributed by atoms with Gasteiger partial charge in [0.25, 0.3) is 0 Å². The van der Waals surface area contributed by atoms with Gasteiger partial charge in [-0.3, -0.25) is 0 Å². The molecule has 29 heavy (non-hydrogen) atoms. The average molecular weight is 396 g/mol. The molecule has 0 spiro atoms. The number of unbranched alkanes of at least 4 members (excludes halogenated alkanes) is 2. The van der Waals surface area contributed by atoms with Crippen molar-refractivity contribution in [3.05, 3.63) is 65.7 Å². The number of nitrogens with zero attached hydrogens (tertiary/aromatic N) is 1. The van der Waals surface area contributed by atoms with Gasteiger partial charge in [-0.2, -0.15) is 0 Å². The van der Waals surface area contributed by atoms with Crippen molar-refractivity contribution in [2.24, 2.45) is 0 Å². The monoisotopic (exact) mass is 395 g/mol. The highest BCUT2D eigenvalue weighted by molar-refractivity contribution is 5.35. The fourth-order valence-electron chi connectivity index (χ4n) is 4.33. The van der Waals surface area contributed by atoms with E-state index in [1.165, 1.54) is 37.7 Å². The molecule has 0 bridgehead atoms. The topological polar surface area (TPSA) is 32.7 Å². The first-order valence-corrected chi connectivity index (χ1v) is 11.3. The number of aliphatic hydroxyl groups is 1. The van der Waals surface area contributed by atoms with Crippen LogP contribution in [0.25, 0.3) is 0 Å². The Hall–Kier alpha value is -1.84. The zero-order chi connectivity index (χ0) is 20.5. The van der Waals surface area contributed by atoms with E-state index in [0.717, 1.165) is 44.0 Å². The third-order valence-electron chi connectivity index (χ3n) is 6.23. The van der Waals surface area contributed by atoms with Crippen molar-refractivity contribution in [1.82, 2.24) is 4.90 Å². The first-order chi connectivity index (χ1) is 14.1. The van der Waals surface area contributed by atoms with E-state index in [4.69, 9.17) is 4.74 Å². The molecule has 2 aromatic carbocycles. The van der Waals surface area contributed by atoms with Crippen LogP contribution in [-0.4, -0.2) is 36.2 Å². The molecular weight excluding hydrogens is 358 g/mol. The van der Waals surface area contributed by atoms with Crippen molar-refractivity contribution in [3.63, 3.8) is 0 Å². The lowest BCUT2D eigenvalue weighted by Gasteiger charge is -2.38. The van der Waals surface area contributed by atoms with Gasteiger partial charge in [-0.05, 0) is 62.5 Å². The zero-order valence-corrected chi connectivity index (χ0v) is 18.1. The van der Waals surface area contributed by atoms with Crippen LogP contribution in [-0.2, 0) is 5.60 Å². The summed E-state index contributed by atoms with van der Waals surface area (Å²) in [7, 11) is 0. The van der Waals surface area contributed by atoms with Crippen LogP contribution in [0.15, 0.2) is 54.6 Å². The van der Waals surface area contributed by atoms with Gasteiger partial charge in [0.2, 0.25) is 0 Å². The third kappa shape index (κ3) is 6.07. The molecule has 0 amide bonds. The van der Waals surface area contributed by atoms with Gasteiger partial charge in [-0.15, -0.1) is 0 Å². The summed E-state index contributed by atoms with van der Waals surface area (Å²) in [5, 5.41) is 11.7. The number of rotatable bonds is 10. The maximum Gasteiger partial charge on any atom is 0.119 e. The van der Waals surface area contributed by atoms with E-state index in [9.17, 15) is 5.11 Å². The largest absolute Gasteiger partial charge is 0.494 e. The van der Waals surface area contributed by atoms with Crippen molar-refractivity contribution in [2.75, 3.05) is 26.2 Å². The summed E-state index contributed by atoms with van der Waals surface area (Å²) in [6, 6.07) is 18.5. The van der Waals surface area contributed by atoms with Crippen molar-refractivity contribution < 1.29 is 9.84 Å². The summed E-state index contributed by atoms with van der Waals surface area (Å²) in [5.41, 5.74) is 1.20. The SMILES string of the molecule is CCCCCOc1ccc([C@@](C)(O)[C@H](CN2CCCCC2)c2ccccc2)cc1. The Morgan fingerprint density at radius 2 is 1.66 bits per heavy atom. The van der Waals surface area contributed by atoms with Crippen LogP contribution in [0.4, 0.5) is 0 Å². The maximum atomic E-state index is 11.7. The molecule has 3 rings (SSSR count). The molecular formula is C26H37NO2. The van der Waals surface area contributed by atoms with E-state index in [0.29, 0.717) is 0 Å². The number of hydrogen-bond donors (Lipinski definition) is 1. The highest BCUT2D eigenvalue weighted by Gasteiger charge is 2.36. The highest BCUT2D eigenvalue weighted by atomic mass is 16.5. The zero-order valence-electron chi connectivity index (χ0n) is 18.1. The molecule has 1 aliphatic rings. The molecule has 0 saturated carbocycles. The van der Waals surface area contributed by atoms with Crippen molar-refractivity contribution >= 4 is 0 Å². The Bertz CT molecular complexity index is 705. The summed E-state index contributed by atoms with van der Waals surface area (Å²) in [5.74, 6) is 0.908. The minimum Gasteiger partial charge on any atom is -0.494 e. The fourth-order valence-corrected chi connectivity index (χ4v) is 4.33. The van der Waals surface area contributed by atoms with Gasteiger partial charge in [0, 0.05) is 12.5 Å². The molecule has 1 N–H and O–H groups in total. The van der Waals surface area contributed by atoms with Gasteiger partial charge in [0.15, 0.2) is 0 Å². The quantitative estimate of drug-likeness (QED) is 0.521. The Morgan fingerprint density at radius 3 is 2.31 bits per heavy atom. The fraction of sp³-hybridized carbons (Fsp3) is 0.538. The van der Waals surface area contributed by atoms with Crippen molar-refractivity contribution in [1.29, 1.82) is 0 Å². The second kappa shape index (κ2) is 10.8. The van der Waals surface area contributed by atoms with E-state index in [1.807, 2.05) is 37.3 Å². The molecule has 1 heterocycles. The van der Waals surface area contributed by atoms with Crippen LogP contribution in [0.2, 0.25) is 0 Å². The van der Waals surface area contributed by atoms with Crippen LogP contribution in [0, 0.1) is 0 Å². The molecule has 0 unspecified atom stereocenters. The number of ether oxygens (including phenoxy) is 1. The smallest absolute Gasteiger partial charge is 0.119 e. The molecule has 0 radical (unpaired) electrons. The van der Waals surface area contributed by atoms with Crippen LogP contribution in [0.5, 0.6) is 5.75 Å². The molecule has 1 fully saturated rings. The van der Waals surface area contributed by atoms with Crippen molar-refractivity contribution in [3.8, 4) is 5.75 Å². The van der Waals surface area contributed by atoms with Gasteiger partial charge in [0.1, 0.15) is 5.75 Å². The van der Waals surface area contributed by atoms with Gasteiger partial charge >= 0.3 is 0 Å². The summed E-state index contributed by atoms with van der Waals surface area (Å²) >= 11 is 0. The Morgan fingerprint density at radius 1 is 0.966 bits per heavy atom. The summed E-state index contributed by atoms with van der Waals surface area (Å²) in [6.07, 6.45) is 7.32. The molecule has 0 aliphatic carbocycles. The van der Waals surface area contributed by atoms with E-state index < -0.39 is 5.60 Å². The Labute approximate surface area is 176 Å². The number of hydrogen-bond acceptors (Lipinski definition) is 3. The van der Waals surface area contributed by atoms with E-state index in [1.54, 1.807) is 0 Å². The van der Waals surface area contributed by atoms with E-state index in [2.05, 4.69) is 36.1 Å². The molecule has 0 aromatic heterocycles. The lowest BCUT2D eigenvalue weighted by molar-refractivity contribution is 0.0107. The molecule has 158 valence electrons.